The van der Waals surface area contributed by atoms with Crippen LogP contribution in [0.2, 0.25) is 0 Å². The Hall–Kier alpha value is 0.0200. The Balaban J connectivity index is 0.00000196. The fourth-order valence-electron chi connectivity index (χ4n) is 0.874. The Labute approximate surface area is 115 Å². The van der Waals surface area contributed by atoms with Gasteiger partial charge in [-0.1, -0.05) is 0 Å². The molecule has 0 amide bonds. The Morgan fingerprint density at radius 2 is 1.93 bits per heavy atom. The van der Waals surface area contributed by atoms with Crippen molar-refractivity contribution in [2.45, 2.75) is 11.8 Å². The van der Waals surface area contributed by atoms with E-state index in [-0.39, 0.29) is 40.4 Å². The predicted molar refractivity (Wildman–Crippen MR) is 55.6 cm³/mol. The monoisotopic (exact) mass is 253 g/mol. The van der Waals surface area contributed by atoms with Crippen LogP contribution in [0.4, 0.5) is 5.69 Å². The number of hydrogen-bond donors (Lipinski definition) is 1. The summed E-state index contributed by atoms with van der Waals surface area (Å²) in [5, 5.41) is 10.6. The van der Waals surface area contributed by atoms with Crippen LogP contribution >= 0.6 is 0 Å². The van der Waals surface area contributed by atoms with Gasteiger partial charge in [0.15, 0.2) is 8.77 Å². The van der Waals surface area contributed by atoms with Crippen molar-refractivity contribution in [3.63, 3.8) is 0 Å². The van der Waals surface area contributed by atoms with Crippen LogP contribution in [0, 0.1) is 0 Å². The molecule has 1 atom stereocenters. The topological polar surface area (TPSA) is 72.7 Å². The Morgan fingerprint density at radius 1 is 1.47 bits per heavy atom. The second-order valence-corrected chi connectivity index (χ2v) is 5.38. The summed E-state index contributed by atoms with van der Waals surface area (Å²) in [6.45, 7) is 1.33. The SMILES string of the molecule is CC([O-])=Nc1ccc(S(=O)(O)=S)cc1.[Na+]. The molecular weight excluding hydrogens is 245 g/mol. The van der Waals surface area contributed by atoms with E-state index in [1.165, 1.54) is 31.2 Å². The minimum absolute atomic E-state index is 0. The van der Waals surface area contributed by atoms with Crippen LogP contribution in [0.1, 0.15) is 6.92 Å². The molecule has 0 fully saturated rings. The first kappa shape index (κ1) is 15.0. The Bertz CT molecular complexity index is 449. The minimum Gasteiger partial charge on any atom is -0.862 e. The average Bonchev–Trinajstić information content (AvgIpc) is 2.02. The van der Waals surface area contributed by atoms with Gasteiger partial charge >= 0.3 is 29.6 Å². The molecule has 0 spiro atoms. The first-order valence-electron chi connectivity index (χ1n) is 3.69. The maximum atomic E-state index is 11.0. The summed E-state index contributed by atoms with van der Waals surface area (Å²) in [5.41, 5.74) is 0.444. The molecule has 4 nitrogen and oxygen atoms in total. The van der Waals surface area contributed by atoms with Crippen molar-refractivity contribution in [3.8, 4) is 0 Å². The van der Waals surface area contributed by atoms with E-state index in [4.69, 9.17) is 4.55 Å². The molecule has 1 rings (SSSR count). The zero-order valence-corrected chi connectivity index (χ0v) is 12.0. The second-order valence-electron chi connectivity index (χ2n) is 2.60. The third-order valence-electron chi connectivity index (χ3n) is 1.42. The second kappa shape index (κ2) is 5.93. The molecule has 7 heteroatoms. The van der Waals surface area contributed by atoms with E-state index < -0.39 is 8.77 Å². The van der Waals surface area contributed by atoms with Gasteiger partial charge in [0, 0.05) is 11.2 Å². The maximum absolute atomic E-state index is 11.0. The van der Waals surface area contributed by atoms with Gasteiger partial charge in [-0.15, -0.1) is 0 Å². The Morgan fingerprint density at radius 3 is 2.27 bits per heavy atom. The maximum Gasteiger partial charge on any atom is 1.00 e. The quantitative estimate of drug-likeness (QED) is 0.365. The van der Waals surface area contributed by atoms with Gasteiger partial charge in [-0.05, 0) is 37.1 Å². The van der Waals surface area contributed by atoms with Crippen LogP contribution in [0.3, 0.4) is 0 Å². The van der Waals surface area contributed by atoms with Crippen molar-refractivity contribution in [1.29, 1.82) is 0 Å². The number of hydrogen-bond acceptors (Lipinski definition) is 4. The van der Waals surface area contributed by atoms with E-state index in [0.29, 0.717) is 5.69 Å². The summed E-state index contributed by atoms with van der Waals surface area (Å²) in [7, 11) is -3.34. The van der Waals surface area contributed by atoms with Crippen LogP contribution in [0.5, 0.6) is 0 Å². The van der Waals surface area contributed by atoms with E-state index in [1.807, 2.05) is 0 Å². The smallest absolute Gasteiger partial charge is 0.862 e. The number of aliphatic imine (C=N–C) groups is 1. The molecule has 0 radical (unpaired) electrons. The summed E-state index contributed by atoms with van der Waals surface area (Å²) in [4.78, 5) is 3.78. The summed E-state index contributed by atoms with van der Waals surface area (Å²) in [6.07, 6.45) is 0. The molecule has 1 N–H and O–H groups in total. The molecule has 1 aromatic carbocycles. The molecule has 0 aromatic heterocycles. The molecule has 1 unspecified atom stereocenters. The van der Waals surface area contributed by atoms with Crippen LogP contribution in [-0.2, 0) is 20.0 Å². The standard InChI is InChI=1S/C8H9NO3S2.Na/c1-6(10)9-7-2-4-8(5-3-7)14(11,12)13;/h2-5H,1H3,(H,9,10)(H,11,12,13);/q;+1/p-1. The van der Waals surface area contributed by atoms with E-state index in [0.717, 1.165) is 0 Å². The molecule has 0 aliphatic rings. The van der Waals surface area contributed by atoms with E-state index in [2.05, 4.69) is 16.2 Å². The van der Waals surface area contributed by atoms with Gasteiger partial charge in [0.1, 0.15) is 0 Å². The summed E-state index contributed by atoms with van der Waals surface area (Å²) < 4.78 is 20.0. The molecule has 0 bridgehead atoms. The van der Waals surface area contributed by atoms with Crippen molar-refractivity contribution in [2.24, 2.45) is 4.99 Å². The molecular formula is C8H8NNaO3S2. The van der Waals surface area contributed by atoms with Gasteiger partial charge in [0.2, 0.25) is 0 Å². The third-order valence-corrected chi connectivity index (χ3v) is 2.87. The first-order chi connectivity index (χ1) is 6.39. The molecule has 76 valence electrons. The zero-order valence-electron chi connectivity index (χ0n) is 8.34. The summed E-state index contributed by atoms with van der Waals surface area (Å²) in [5.74, 6) is -0.319. The minimum atomic E-state index is -3.34. The molecule has 0 saturated carbocycles. The normalized spacial score (nSPS) is 15.2. The summed E-state index contributed by atoms with van der Waals surface area (Å²) >= 11 is 4.37. The van der Waals surface area contributed by atoms with E-state index in [1.54, 1.807) is 0 Å². The number of nitrogens with zero attached hydrogens (tertiary/aromatic N) is 1. The van der Waals surface area contributed by atoms with Gasteiger partial charge in [-0.25, -0.2) is 4.21 Å². The van der Waals surface area contributed by atoms with E-state index >= 15 is 0 Å². The summed E-state index contributed by atoms with van der Waals surface area (Å²) in [6, 6.07) is 5.71. The molecule has 15 heavy (non-hydrogen) atoms. The fraction of sp³-hybridized carbons (Fsp3) is 0.125. The van der Waals surface area contributed by atoms with Gasteiger partial charge in [0.05, 0.1) is 10.6 Å². The van der Waals surface area contributed by atoms with Crippen LogP contribution < -0.4 is 34.7 Å². The molecule has 0 aliphatic heterocycles. The van der Waals surface area contributed by atoms with Crippen molar-refractivity contribution in [3.05, 3.63) is 24.3 Å². The van der Waals surface area contributed by atoms with Crippen LogP contribution in [-0.4, -0.2) is 14.7 Å². The molecule has 0 saturated heterocycles. The number of benzene rings is 1. The zero-order chi connectivity index (χ0) is 10.8. The molecule has 1 aromatic rings. The van der Waals surface area contributed by atoms with Crippen molar-refractivity contribution < 1.29 is 43.4 Å². The molecule has 0 aliphatic carbocycles. The van der Waals surface area contributed by atoms with Gasteiger partial charge in [-0.2, -0.15) is 0 Å². The van der Waals surface area contributed by atoms with Crippen molar-refractivity contribution in [2.75, 3.05) is 0 Å². The third kappa shape index (κ3) is 5.05. The van der Waals surface area contributed by atoms with Gasteiger partial charge < -0.3 is 9.66 Å². The van der Waals surface area contributed by atoms with Crippen LogP contribution in [0.15, 0.2) is 34.2 Å². The van der Waals surface area contributed by atoms with Gasteiger partial charge in [-0.3, -0.25) is 4.99 Å². The molecule has 0 heterocycles. The Kier molecular flexibility index (Phi) is 5.94. The van der Waals surface area contributed by atoms with Crippen molar-refractivity contribution in [1.82, 2.24) is 0 Å². The van der Waals surface area contributed by atoms with Gasteiger partial charge in [0.25, 0.3) is 0 Å². The average molecular weight is 253 g/mol. The fourth-order valence-corrected chi connectivity index (χ4v) is 1.69. The predicted octanol–water partition coefficient (Wildman–Crippen LogP) is -2.32. The van der Waals surface area contributed by atoms with E-state index in [9.17, 15) is 9.32 Å². The number of rotatable bonds is 2. The largest absolute Gasteiger partial charge is 1.00 e. The van der Waals surface area contributed by atoms with Crippen molar-refractivity contribution >= 4 is 31.5 Å². The first-order valence-corrected chi connectivity index (χ1v) is 6.13. The van der Waals surface area contributed by atoms with Crippen LogP contribution in [0.25, 0.3) is 0 Å².